The zero-order valence-corrected chi connectivity index (χ0v) is 11.8. The first-order valence-corrected chi connectivity index (χ1v) is 6.60. The maximum absolute atomic E-state index is 11.1. The molecule has 19 heavy (non-hydrogen) atoms. The zero-order chi connectivity index (χ0) is 13.8. The number of hydrogen-bond donors (Lipinski definition) is 1. The van der Waals surface area contributed by atoms with Crippen LogP contribution in [-0.2, 0) is 0 Å². The monoisotopic (exact) mass is 321 g/mol. The van der Waals surface area contributed by atoms with Gasteiger partial charge < -0.3 is 9.84 Å². The van der Waals surface area contributed by atoms with Crippen molar-refractivity contribution in [2.45, 2.75) is 11.8 Å². The molecule has 0 aliphatic rings. The number of rotatable bonds is 4. The van der Waals surface area contributed by atoms with Crippen LogP contribution in [0.3, 0.4) is 0 Å². The number of carboxylic acids is 1. The van der Waals surface area contributed by atoms with E-state index in [-0.39, 0.29) is 10.4 Å². The number of pyridine rings is 1. The maximum atomic E-state index is 11.1. The van der Waals surface area contributed by atoms with Gasteiger partial charge in [0.2, 0.25) is 5.88 Å². The van der Waals surface area contributed by atoms with Crippen LogP contribution in [0.15, 0.2) is 42.5 Å². The first kappa shape index (κ1) is 13.5. The fourth-order valence-electron chi connectivity index (χ4n) is 1.61. The molecule has 0 aliphatic carbocycles. The fourth-order valence-corrected chi connectivity index (χ4v) is 1.96. The predicted octanol–water partition coefficient (Wildman–Crippen LogP) is 4.03. The molecule has 1 N–H and O–H groups in total. The van der Waals surface area contributed by atoms with Crippen molar-refractivity contribution in [2.75, 3.05) is 0 Å². The van der Waals surface area contributed by atoms with E-state index in [1.165, 1.54) is 6.07 Å². The summed E-state index contributed by atoms with van der Waals surface area (Å²) in [6.45, 7) is 1.82. The van der Waals surface area contributed by atoms with E-state index in [1.807, 2.05) is 37.3 Å². The molecule has 2 rings (SSSR count). The normalized spacial score (nSPS) is 11.9. The zero-order valence-electron chi connectivity index (χ0n) is 10.2. The van der Waals surface area contributed by atoms with Gasteiger partial charge in [0.25, 0.3) is 0 Å². The molecule has 0 aliphatic heterocycles. The lowest BCUT2D eigenvalue weighted by Gasteiger charge is -2.10. The minimum atomic E-state index is -1.000. The van der Waals surface area contributed by atoms with Crippen molar-refractivity contribution in [1.29, 1.82) is 0 Å². The molecular weight excluding hydrogens is 310 g/mol. The first-order chi connectivity index (χ1) is 9.08. The van der Waals surface area contributed by atoms with Crippen molar-refractivity contribution in [3.63, 3.8) is 0 Å². The number of benzene rings is 1. The number of aromatic carboxylic acids is 1. The third-order valence-electron chi connectivity index (χ3n) is 2.47. The number of nitrogens with zero attached hydrogens (tertiary/aromatic N) is 1. The van der Waals surface area contributed by atoms with Crippen LogP contribution in [0.25, 0.3) is 0 Å². The number of hydrogen-bond acceptors (Lipinski definition) is 3. The second-order valence-corrected chi connectivity index (χ2v) is 5.29. The summed E-state index contributed by atoms with van der Waals surface area (Å²) in [5, 5.41) is 9.09. The van der Waals surface area contributed by atoms with E-state index in [1.54, 1.807) is 6.07 Å². The van der Waals surface area contributed by atoms with Crippen molar-refractivity contribution < 1.29 is 14.6 Å². The minimum absolute atomic E-state index is 0.169. The molecular formula is C14H12BrNO3. The Morgan fingerprint density at radius 1 is 1.26 bits per heavy atom. The molecule has 0 spiro atoms. The molecule has 4 nitrogen and oxygen atoms in total. The third kappa shape index (κ3) is 3.32. The van der Waals surface area contributed by atoms with Crippen LogP contribution >= 0.6 is 15.9 Å². The number of carboxylic acid groups (broad SMARTS) is 1. The average molecular weight is 322 g/mol. The molecule has 1 heterocycles. The van der Waals surface area contributed by atoms with Crippen molar-refractivity contribution in [2.24, 2.45) is 0 Å². The van der Waals surface area contributed by atoms with Gasteiger partial charge in [-0.25, -0.2) is 9.78 Å². The van der Waals surface area contributed by atoms with Crippen LogP contribution in [0.1, 0.15) is 27.8 Å². The van der Waals surface area contributed by atoms with Crippen molar-refractivity contribution in [3.8, 4) is 11.6 Å². The lowest BCUT2D eigenvalue weighted by atomic mass is 10.1. The second kappa shape index (κ2) is 5.84. The summed E-state index contributed by atoms with van der Waals surface area (Å²) in [6.07, 6.45) is 0. The van der Waals surface area contributed by atoms with Crippen LogP contribution in [0.2, 0.25) is 0 Å². The fraction of sp³-hybridized carbons (Fsp3) is 0.143. The number of para-hydroxylation sites is 1. The van der Waals surface area contributed by atoms with Crippen LogP contribution in [0.4, 0.5) is 0 Å². The van der Waals surface area contributed by atoms with E-state index < -0.39 is 5.97 Å². The summed E-state index contributed by atoms with van der Waals surface area (Å²) >= 11 is 3.34. The Morgan fingerprint density at radius 2 is 1.95 bits per heavy atom. The molecule has 0 saturated heterocycles. The van der Waals surface area contributed by atoms with Gasteiger partial charge in [-0.3, -0.25) is 0 Å². The SMILES string of the molecule is CC(Br)c1nc(Oc2ccccc2)ccc1C(=O)O. The van der Waals surface area contributed by atoms with E-state index >= 15 is 0 Å². The molecule has 1 aromatic carbocycles. The maximum Gasteiger partial charge on any atom is 0.337 e. The minimum Gasteiger partial charge on any atom is -0.478 e. The van der Waals surface area contributed by atoms with Gasteiger partial charge in [0.1, 0.15) is 5.75 Å². The van der Waals surface area contributed by atoms with Gasteiger partial charge in [-0.2, -0.15) is 0 Å². The molecule has 0 bridgehead atoms. The summed E-state index contributed by atoms with van der Waals surface area (Å²) in [6, 6.07) is 12.3. The molecule has 0 saturated carbocycles. The predicted molar refractivity (Wildman–Crippen MR) is 75.1 cm³/mol. The Bertz CT molecular complexity index is 584. The number of ether oxygens (including phenoxy) is 1. The molecule has 1 aromatic heterocycles. The molecule has 1 atom stereocenters. The van der Waals surface area contributed by atoms with E-state index in [2.05, 4.69) is 20.9 Å². The highest BCUT2D eigenvalue weighted by atomic mass is 79.9. The number of halogens is 1. The highest BCUT2D eigenvalue weighted by molar-refractivity contribution is 9.09. The Morgan fingerprint density at radius 3 is 2.53 bits per heavy atom. The summed E-state index contributed by atoms with van der Waals surface area (Å²) in [4.78, 5) is 15.2. The Labute approximate surface area is 119 Å². The van der Waals surface area contributed by atoms with Crippen LogP contribution in [-0.4, -0.2) is 16.1 Å². The van der Waals surface area contributed by atoms with Crippen LogP contribution in [0.5, 0.6) is 11.6 Å². The summed E-state index contributed by atoms with van der Waals surface area (Å²) < 4.78 is 5.58. The topological polar surface area (TPSA) is 59.4 Å². The van der Waals surface area contributed by atoms with E-state index in [4.69, 9.17) is 9.84 Å². The van der Waals surface area contributed by atoms with Gasteiger partial charge in [0, 0.05) is 6.07 Å². The number of aromatic nitrogens is 1. The quantitative estimate of drug-likeness (QED) is 0.864. The molecule has 0 radical (unpaired) electrons. The van der Waals surface area contributed by atoms with Gasteiger partial charge in [-0.05, 0) is 25.1 Å². The van der Waals surface area contributed by atoms with Gasteiger partial charge in [0.15, 0.2) is 0 Å². The molecule has 98 valence electrons. The largest absolute Gasteiger partial charge is 0.478 e. The average Bonchev–Trinajstić information content (AvgIpc) is 2.39. The molecule has 2 aromatic rings. The molecule has 1 unspecified atom stereocenters. The molecule has 0 fully saturated rings. The first-order valence-electron chi connectivity index (χ1n) is 5.69. The number of alkyl halides is 1. The van der Waals surface area contributed by atoms with Gasteiger partial charge in [-0.15, -0.1) is 0 Å². The van der Waals surface area contributed by atoms with E-state index in [0.29, 0.717) is 17.3 Å². The Hall–Kier alpha value is -1.88. The van der Waals surface area contributed by atoms with Crippen LogP contribution in [0, 0.1) is 0 Å². The second-order valence-electron chi connectivity index (χ2n) is 3.92. The van der Waals surface area contributed by atoms with Gasteiger partial charge in [0.05, 0.1) is 16.1 Å². The summed E-state index contributed by atoms with van der Waals surface area (Å²) in [5.41, 5.74) is 0.616. The van der Waals surface area contributed by atoms with E-state index in [0.717, 1.165) is 0 Å². The highest BCUT2D eigenvalue weighted by Crippen LogP contribution is 2.27. The standard InChI is InChI=1S/C14H12BrNO3/c1-9(15)13-11(14(17)18)7-8-12(16-13)19-10-5-3-2-4-6-10/h2-9H,1H3,(H,17,18). The van der Waals surface area contributed by atoms with Gasteiger partial charge in [-0.1, -0.05) is 34.1 Å². The van der Waals surface area contributed by atoms with Gasteiger partial charge >= 0.3 is 5.97 Å². The highest BCUT2D eigenvalue weighted by Gasteiger charge is 2.16. The smallest absolute Gasteiger partial charge is 0.337 e. The Kier molecular flexibility index (Phi) is 4.16. The van der Waals surface area contributed by atoms with Crippen molar-refractivity contribution in [3.05, 3.63) is 53.7 Å². The van der Waals surface area contributed by atoms with Crippen molar-refractivity contribution in [1.82, 2.24) is 4.98 Å². The number of carbonyl (C=O) groups is 1. The third-order valence-corrected chi connectivity index (χ3v) is 2.91. The lowest BCUT2D eigenvalue weighted by Crippen LogP contribution is -2.06. The summed E-state index contributed by atoms with van der Waals surface area (Å²) in [7, 11) is 0. The Balaban J connectivity index is 2.33. The van der Waals surface area contributed by atoms with E-state index in [9.17, 15) is 4.79 Å². The van der Waals surface area contributed by atoms with Crippen molar-refractivity contribution >= 4 is 21.9 Å². The molecule has 5 heteroatoms. The lowest BCUT2D eigenvalue weighted by molar-refractivity contribution is 0.0695. The molecule has 0 amide bonds. The summed E-state index contributed by atoms with van der Waals surface area (Å²) in [5.74, 6) is 0.0313. The van der Waals surface area contributed by atoms with Crippen LogP contribution < -0.4 is 4.74 Å².